The molecule has 0 unspecified atom stereocenters. The second kappa shape index (κ2) is 8.39. The van der Waals surface area contributed by atoms with Gasteiger partial charge in [0.05, 0.1) is 45.4 Å². The molecule has 8 heteroatoms. The average molecular weight is 410 g/mol. The lowest BCUT2D eigenvalue weighted by Gasteiger charge is -2.35. The molecule has 1 atom stereocenters. The quantitative estimate of drug-likeness (QED) is 0.715. The van der Waals surface area contributed by atoms with Crippen LogP contribution in [0.3, 0.4) is 0 Å². The zero-order valence-electron chi connectivity index (χ0n) is 17.7. The SMILES string of the molecule is CCN1C(=O)C[C@H]([NH+]2CCN(c3cc(-c4ccc(OC)cc4)nc(C)n3)CC2)C1=O. The molecule has 8 nitrogen and oxygen atoms in total. The summed E-state index contributed by atoms with van der Waals surface area (Å²) in [5, 5.41) is 0. The molecule has 2 aliphatic heterocycles. The van der Waals surface area contributed by atoms with Crippen molar-refractivity contribution in [1.82, 2.24) is 14.9 Å². The molecule has 2 amide bonds. The zero-order valence-corrected chi connectivity index (χ0v) is 17.7. The molecule has 1 aromatic heterocycles. The number of carbonyl (C=O) groups is 2. The molecule has 2 saturated heterocycles. The Balaban J connectivity index is 1.46. The molecule has 3 heterocycles. The van der Waals surface area contributed by atoms with Gasteiger partial charge >= 0.3 is 0 Å². The first-order chi connectivity index (χ1) is 14.5. The maximum absolute atomic E-state index is 12.5. The fourth-order valence-electron chi connectivity index (χ4n) is 4.33. The van der Waals surface area contributed by atoms with Crippen molar-refractivity contribution in [3.05, 3.63) is 36.2 Å². The van der Waals surface area contributed by atoms with E-state index in [-0.39, 0.29) is 17.9 Å². The lowest BCUT2D eigenvalue weighted by molar-refractivity contribution is -0.915. The third-order valence-electron chi connectivity index (χ3n) is 5.99. The number of likely N-dealkylation sites (tertiary alicyclic amines) is 1. The van der Waals surface area contributed by atoms with Crippen molar-refractivity contribution in [3.8, 4) is 17.0 Å². The normalized spacial score (nSPS) is 20.2. The van der Waals surface area contributed by atoms with Crippen LogP contribution in [0.5, 0.6) is 5.75 Å². The molecule has 0 radical (unpaired) electrons. The Hall–Kier alpha value is -3.00. The van der Waals surface area contributed by atoms with Gasteiger partial charge in [-0.15, -0.1) is 0 Å². The van der Waals surface area contributed by atoms with Gasteiger partial charge in [-0.05, 0) is 38.1 Å². The number of benzene rings is 1. The largest absolute Gasteiger partial charge is 0.497 e. The third-order valence-corrected chi connectivity index (χ3v) is 5.99. The first kappa shape index (κ1) is 20.3. The summed E-state index contributed by atoms with van der Waals surface area (Å²) in [4.78, 5) is 38.7. The van der Waals surface area contributed by atoms with Crippen LogP contribution in [0.4, 0.5) is 5.82 Å². The van der Waals surface area contributed by atoms with E-state index in [0.29, 0.717) is 13.0 Å². The Bertz CT molecular complexity index is 938. The van der Waals surface area contributed by atoms with Gasteiger partial charge in [-0.3, -0.25) is 14.5 Å². The molecular weight excluding hydrogens is 382 g/mol. The number of amides is 2. The summed E-state index contributed by atoms with van der Waals surface area (Å²) in [6.07, 6.45) is 0.330. The minimum Gasteiger partial charge on any atom is -0.497 e. The van der Waals surface area contributed by atoms with E-state index in [2.05, 4.69) is 14.9 Å². The number of likely N-dealkylation sites (N-methyl/N-ethyl adjacent to an activating group) is 1. The predicted octanol–water partition coefficient (Wildman–Crippen LogP) is 0.313. The van der Waals surface area contributed by atoms with Crippen molar-refractivity contribution in [2.45, 2.75) is 26.3 Å². The monoisotopic (exact) mass is 410 g/mol. The van der Waals surface area contributed by atoms with Crippen molar-refractivity contribution < 1.29 is 19.2 Å². The van der Waals surface area contributed by atoms with Gasteiger partial charge in [-0.25, -0.2) is 9.97 Å². The number of nitrogens with zero attached hydrogens (tertiary/aromatic N) is 4. The summed E-state index contributed by atoms with van der Waals surface area (Å²) >= 11 is 0. The van der Waals surface area contributed by atoms with Crippen LogP contribution in [0.1, 0.15) is 19.2 Å². The van der Waals surface area contributed by atoms with Crippen LogP contribution in [0.15, 0.2) is 30.3 Å². The minimum absolute atomic E-state index is 0.0226. The number of nitrogens with one attached hydrogen (secondary N) is 1. The first-order valence-electron chi connectivity index (χ1n) is 10.4. The van der Waals surface area contributed by atoms with E-state index in [1.165, 1.54) is 9.80 Å². The van der Waals surface area contributed by atoms with E-state index in [4.69, 9.17) is 4.74 Å². The molecule has 0 spiro atoms. The molecule has 1 N–H and O–H groups in total. The van der Waals surface area contributed by atoms with E-state index in [1.807, 2.05) is 44.2 Å². The lowest BCUT2D eigenvalue weighted by Crippen LogP contribution is -3.19. The molecule has 2 aliphatic rings. The van der Waals surface area contributed by atoms with Gasteiger partial charge in [0.25, 0.3) is 5.91 Å². The summed E-state index contributed by atoms with van der Waals surface area (Å²) in [6.45, 7) is 7.41. The molecule has 0 aliphatic carbocycles. The van der Waals surface area contributed by atoms with Crippen molar-refractivity contribution in [2.24, 2.45) is 0 Å². The van der Waals surface area contributed by atoms with Crippen LogP contribution in [0, 0.1) is 6.92 Å². The average Bonchev–Trinajstić information content (AvgIpc) is 3.06. The Kier molecular flexibility index (Phi) is 5.67. The van der Waals surface area contributed by atoms with Crippen LogP contribution >= 0.6 is 0 Å². The highest BCUT2D eigenvalue weighted by Gasteiger charge is 2.45. The highest BCUT2D eigenvalue weighted by Crippen LogP contribution is 2.24. The topological polar surface area (TPSA) is 80.1 Å². The molecule has 4 rings (SSSR count). The lowest BCUT2D eigenvalue weighted by atomic mass is 10.1. The van der Waals surface area contributed by atoms with Crippen molar-refractivity contribution >= 4 is 17.6 Å². The minimum atomic E-state index is -0.235. The van der Waals surface area contributed by atoms with Crippen LogP contribution in [-0.2, 0) is 9.59 Å². The number of ether oxygens (including phenoxy) is 1. The molecule has 0 saturated carbocycles. The smallest absolute Gasteiger partial charge is 0.288 e. The Labute approximate surface area is 176 Å². The fraction of sp³-hybridized carbons (Fsp3) is 0.455. The molecule has 158 valence electrons. The molecular formula is C22H28N5O3+. The van der Waals surface area contributed by atoms with Gasteiger partial charge in [0.2, 0.25) is 5.91 Å². The molecule has 1 aromatic carbocycles. The summed E-state index contributed by atoms with van der Waals surface area (Å²) in [5.74, 6) is 2.37. The van der Waals surface area contributed by atoms with Gasteiger partial charge in [0.15, 0.2) is 6.04 Å². The van der Waals surface area contributed by atoms with Gasteiger partial charge in [-0.2, -0.15) is 0 Å². The number of hydrogen-bond donors (Lipinski definition) is 1. The van der Waals surface area contributed by atoms with E-state index in [1.54, 1.807) is 7.11 Å². The second-order valence-corrected chi connectivity index (χ2v) is 7.77. The number of anilines is 1. The highest BCUT2D eigenvalue weighted by molar-refractivity contribution is 6.04. The maximum atomic E-state index is 12.5. The van der Waals surface area contributed by atoms with Crippen LogP contribution in [-0.4, -0.2) is 72.6 Å². The number of hydrogen-bond acceptors (Lipinski definition) is 6. The fourth-order valence-corrected chi connectivity index (χ4v) is 4.33. The number of quaternary nitrogens is 1. The maximum Gasteiger partial charge on any atom is 0.288 e. The van der Waals surface area contributed by atoms with Gasteiger partial charge in [0, 0.05) is 18.2 Å². The highest BCUT2D eigenvalue weighted by atomic mass is 16.5. The summed E-state index contributed by atoms with van der Waals surface area (Å²) in [6, 6.07) is 9.62. The number of imide groups is 1. The van der Waals surface area contributed by atoms with E-state index in [9.17, 15) is 9.59 Å². The number of methoxy groups -OCH3 is 1. The number of aryl methyl sites for hydroxylation is 1. The van der Waals surface area contributed by atoms with Crippen molar-refractivity contribution in [3.63, 3.8) is 0 Å². The third kappa shape index (κ3) is 3.87. The number of piperazine rings is 1. The molecule has 2 fully saturated rings. The Morgan fingerprint density at radius 2 is 1.83 bits per heavy atom. The summed E-state index contributed by atoms with van der Waals surface area (Å²) in [7, 11) is 1.65. The van der Waals surface area contributed by atoms with Gasteiger partial charge in [0.1, 0.15) is 17.4 Å². The Morgan fingerprint density at radius 1 is 1.13 bits per heavy atom. The molecule has 30 heavy (non-hydrogen) atoms. The first-order valence-corrected chi connectivity index (χ1v) is 10.4. The number of rotatable bonds is 5. The van der Waals surface area contributed by atoms with Crippen LogP contribution in [0.2, 0.25) is 0 Å². The zero-order chi connectivity index (χ0) is 21.3. The summed E-state index contributed by atoms with van der Waals surface area (Å²) in [5.41, 5.74) is 1.90. The van der Waals surface area contributed by atoms with E-state index < -0.39 is 0 Å². The number of carbonyl (C=O) groups excluding carboxylic acids is 2. The van der Waals surface area contributed by atoms with E-state index >= 15 is 0 Å². The van der Waals surface area contributed by atoms with Crippen molar-refractivity contribution in [2.75, 3.05) is 44.7 Å². The molecule has 2 aromatic rings. The second-order valence-electron chi connectivity index (χ2n) is 7.77. The standard InChI is InChI=1S/C22H27N5O3/c1-4-27-21(28)14-19(22(27)29)25-9-11-26(12-10-25)20-13-18(23-15(2)24-20)16-5-7-17(30-3)8-6-16/h5-8,13,19H,4,9-12,14H2,1-3H3/p+1/t19-/m0/s1. The van der Waals surface area contributed by atoms with Crippen LogP contribution < -0.4 is 14.5 Å². The predicted molar refractivity (Wildman–Crippen MR) is 112 cm³/mol. The van der Waals surface area contributed by atoms with Gasteiger partial charge in [-0.1, -0.05) is 0 Å². The summed E-state index contributed by atoms with van der Waals surface area (Å²) < 4.78 is 5.24. The van der Waals surface area contributed by atoms with Crippen LogP contribution in [0.25, 0.3) is 11.3 Å². The Morgan fingerprint density at radius 3 is 2.43 bits per heavy atom. The molecule has 0 bridgehead atoms. The van der Waals surface area contributed by atoms with Crippen molar-refractivity contribution in [1.29, 1.82) is 0 Å². The van der Waals surface area contributed by atoms with Gasteiger partial charge < -0.3 is 14.5 Å². The number of aromatic nitrogens is 2. The van der Waals surface area contributed by atoms with E-state index in [0.717, 1.165) is 54.8 Å².